The third-order valence-electron chi connectivity index (χ3n) is 6.06. The van der Waals surface area contributed by atoms with Crippen molar-refractivity contribution in [3.63, 3.8) is 0 Å². The van der Waals surface area contributed by atoms with Gasteiger partial charge in [0.25, 0.3) is 5.78 Å². The van der Waals surface area contributed by atoms with Gasteiger partial charge in [0.2, 0.25) is 0 Å². The third kappa shape index (κ3) is 4.12. The molecule has 186 valence electrons. The number of aliphatic imine (C=N–C) groups is 1. The zero-order chi connectivity index (χ0) is 26.9. The number of hydrogen-bond donors (Lipinski definition) is 2. The van der Waals surface area contributed by atoms with Crippen molar-refractivity contribution in [2.24, 2.45) is 4.99 Å². The molecule has 0 aliphatic carbocycles. The van der Waals surface area contributed by atoms with Crippen molar-refractivity contribution >= 4 is 35.0 Å². The van der Waals surface area contributed by atoms with E-state index >= 15 is 0 Å². The van der Waals surface area contributed by atoms with Gasteiger partial charge in [-0.3, -0.25) is 9.59 Å². The fraction of sp³-hybridized carbons (Fsp3) is 0.0345. The van der Waals surface area contributed by atoms with Crippen LogP contribution in [0.15, 0.2) is 96.0 Å². The summed E-state index contributed by atoms with van der Waals surface area (Å²) in [5.74, 6) is -1.15. The Labute approximate surface area is 221 Å². The first-order valence-electron chi connectivity index (χ1n) is 11.2. The molecule has 38 heavy (non-hydrogen) atoms. The summed E-state index contributed by atoms with van der Waals surface area (Å²) in [4.78, 5) is 37.7. The molecule has 0 fully saturated rings. The molecule has 2 aliphatic heterocycles. The lowest BCUT2D eigenvalue weighted by atomic mass is 9.77. The van der Waals surface area contributed by atoms with Crippen molar-refractivity contribution in [1.29, 1.82) is 0 Å². The number of hydrogen-bond acceptors (Lipinski definition) is 8. The number of fused-ring (bicyclic) bond motifs is 6. The number of carbonyl (C=O) groups is 3. The second kappa shape index (κ2) is 9.74. The van der Waals surface area contributed by atoms with Crippen LogP contribution in [0.25, 0.3) is 0 Å². The largest absolute Gasteiger partial charge is 0.508 e. The van der Waals surface area contributed by atoms with Crippen LogP contribution in [-0.4, -0.2) is 33.0 Å². The molecule has 2 aliphatic rings. The molecular formula is C29H17NO7S. The lowest BCUT2D eigenvalue weighted by molar-refractivity contribution is -0.113. The summed E-state index contributed by atoms with van der Waals surface area (Å²) in [5, 5.41) is 21.5. The Kier molecular flexibility index (Phi) is 6.30. The van der Waals surface area contributed by atoms with E-state index in [4.69, 9.17) is 9.47 Å². The van der Waals surface area contributed by atoms with Gasteiger partial charge in [-0.25, -0.2) is 4.79 Å². The van der Waals surface area contributed by atoms with Crippen LogP contribution in [-0.2, 0) is 15.1 Å². The molecule has 6 rings (SSSR count). The molecule has 0 saturated carbocycles. The van der Waals surface area contributed by atoms with Crippen LogP contribution >= 0.6 is 12.2 Å². The van der Waals surface area contributed by atoms with Gasteiger partial charge in [-0.15, -0.1) is 4.99 Å². The van der Waals surface area contributed by atoms with Gasteiger partial charge in [-0.2, -0.15) is 0 Å². The quantitative estimate of drug-likeness (QED) is 0.121. The van der Waals surface area contributed by atoms with E-state index in [2.05, 4.69) is 17.2 Å². The maximum Gasteiger partial charge on any atom is 0.340 e. The number of nitrogens with zero attached hydrogens (tertiary/aromatic N) is 1. The minimum absolute atomic E-state index is 0.0371. The van der Waals surface area contributed by atoms with Crippen LogP contribution in [0, 0.1) is 0 Å². The molecule has 0 aromatic heterocycles. The molecule has 8 nitrogen and oxygen atoms in total. The van der Waals surface area contributed by atoms with Crippen LogP contribution in [0.5, 0.6) is 23.0 Å². The highest BCUT2D eigenvalue weighted by Gasteiger charge is 2.53. The number of phenolic OH excluding ortho intramolecular Hbond substituents is 2. The second-order valence-electron chi connectivity index (χ2n) is 8.28. The summed E-state index contributed by atoms with van der Waals surface area (Å²) in [6, 6.07) is 24.8. The first-order valence-corrected chi connectivity index (χ1v) is 11.6. The first-order chi connectivity index (χ1) is 18.3. The number of ketones is 1. The van der Waals surface area contributed by atoms with Crippen molar-refractivity contribution in [2.75, 3.05) is 0 Å². The number of benzene rings is 4. The topological polar surface area (TPSA) is 122 Å². The summed E-state index contributed by atoms with van der Waals surface area (Å²) >= 11 is 4.21. The van der Waals surface area contributed by atoms with Crippen molar-refractivity contribution in [1.82, 2.24) is 0 Å². The summed E-state index contributed by atoms with van der Waals surface area (Å²) < 4.78 is 11.8. The van der Waals surface area contributed by atoms with Crippen molar-refractivity contribution in [2.45, 2.75) is 5.60 Å². The molecule has 4 aromatic rings. The molecule has 0 unspecified atom stereocenters. The van der Waals surface area contributed by atoms with Gasteiger partial charge in [0.1, 0.15) is 23.0 Å². The first kappa shape index (κ1) is 24.6. The molecule has 0 saturated heterocycles. The van der Waals surface area contributed by atoms with E-state index in [1.54, 1.807) is 54.6 Å². The van der Waals surface area contributed by atoms with Crippen LogP contribution in [0.4, 0.5) is 0 Å². The lowest BCUT2D eigenvalue weighted by Gasteiger charge is -2.36. The molecule has 2 N–H and O–H groups in total. The molecule has 0 bridgehead atoms. The highest BCUT2D eigenvalue weighted by atomic mass is 32.1. The number of Topliss-reactive ketones (excluding diaryl/α,β-unsaturated/α-hetero) is 1. The molecule has 4 aromatic carbocycles. The number of esters is 1. The maximum atomic E-state index is 12.5. The smallest absolute Gasteiger partial charge is 0.340 e. The zero-order valence-electron chi connectivity index (χ0n) is 19.5. The van der Waals surface area contributed by atoms with Crippen LogP contribution < -0.4 is 4.74 Å². The number of amides is 1. The Morgan fingerprint density at radius 3 is 1.97 bits per heavy atom. The van der Waals surface area contributed by atoms with Gasteiger partial charge in [0.05, 0.1) is 10.7 Å². The highest BCUT2D eigenvalue weighted by Crippen LogP contribution is 2.56. The number of thiocarbonyl (C=S) groups is 1. The molecule has 1 amide bonds. The van der Waals surface area contributed by atoms with Gasteiger partial charge >= 0.3 is 11.9 Å². The Morgan fingerprint density at radius 1 is 0.789 bits per heavy atom. The number of rotatable bonds is 2. The molecule has 0 radical (unpaired) electrons. The maximum absolute atomic E-state index is 12.5. The Morgan fingerprint density at radius 2 is 1.37 bits per heavy atom. The Balaban J connectivity index is 0.000000193. The Bertz CT molecular complexity index is 1610. The minimum Gasteiger partial charge on any atom is -0.508 e. The number of phenols is 2. The summed E-state index contributed by atoms with van der Waals surface area (Å²) in [7, 11) is 0. The predicted octanol–water partition coefficient (Wildman–Crippen LogP) is 5.16. The fourth-order valence-electron chi connectivity index (χ4n) is 4.46. The average molecular weight is 524 g/mol. The minimum atomic E-state index is -1.17. The number of isothiocyanates is 1. The van der Waals surface area contributed by atoms with Gasteiger partial charge < -0.3 is 19.7 Å². The van der Waals surface area contributed by atoms with E-state index in [1.165, 1.54) is 24.3 Å². The zero-order valence-corrected chi connectivity index (χ0v) is 20.3. The standard InChI is InChI=1S/C20H12O5.C9H5NO2S/c21-11-5-7-15-17(9-11)24-18-10-12(22)6-8-16(18)20(15)14-4-2-1-3-13(14)19(23)25-20;11-8(9(12)10-6-13)7-4-2-1-3-5-7/h1-10,21-22H;1-5H. The summed E-state index contributed by atoms with van der Waals surface area (Å²) in [5.41, 5.74) is 1.59. The molecule has 9 heteroatoms. The summed E-state index contributed by atoms with van der Waals surface area (Å²) in [6.45, 7) is 0. The van der Waals surface area contributed by atoms with E-state index in [-0.39, 0.29) is 11.5 Å². The van der Waals surface area contributed by atoms with E-state index in [0.29, 0.717) is 39.3 Å². The van der Waals surface area contributed by atoms with E-state index < -0.39 is 23.3 Å². The third-order valence-corrected chi connectivity index (χ3v) is 6.15. The van der Waals surface area contributed by atoms with Crippen molar-refractivity contribution < 1.29 is 34.1 Å². The SMILES string of the molecule is O=C(N=C=S)C(=O)c1ccccc1.O=C1OC2(c3ccc(O)cc3Oc3cc(O)ccc32)c2ccccc21. The van der Waals surface area contributed by atoms with Gasteiger partial charge in [0.15, 0.2) is 5.60 Å². The van der Waals surface area contributed by atoms with E-state index in [0.717, 1.165) is 0 Å². The van der Waals surface area contributed by atoms with Gasteiger partial charge in [-0.05, 0) is 42.5 Å². The number of aromatic hydroxyl groups is 2. The van der Waals surface area contributed by atoms with Gasteiger partial charge in [-0.1, -0.05) is 48.5 Å². The van der Waals surface area contributed by atoms with Crippen molar-refractivity contribution in [3.8, 4) is 23.0 Å². The lowest BCUT2D eigenvalue weighted by Crippen LogP contribution is -2.32. The number of ether oxygens (including phenoxy) is 2. The molecule has 2 heterocycles. The van der Waals surface area contributed by atoms with Crippen LogP contribution in [0.3, 0.4) is 0 Å². The van der Waals surface area contributed by atoms with E-state index in [9.17, 15) is 24.6 Å². The van der Waals surface area contributed by atoms with Gasteiger partial charge in [0, 0.05) is 34.4 Å². The van der Waals surface area contributed by atoms with Crippen molar-refractivity contribution in [3.05, 3.63) is 119 Å². The highest BCUT2D eigenvalue weighted by molar-refractivity contribution is 7.78. The number of carbonyl (C=O) groups excluding carboxylic acids is 3. The molecular weight excluding hydrogens is 506 g/mol. The normalized spacial score (nSPS) is 13.3. The van der Waals surface area contributed by atoms with Crippen LogP contribution in [0.2, 0.25) is 0 Å². The average Bonchev–Trinajstić information content (AvgIpc) is 3.21. The van der Waals surface area contributed by atoms with Crippen LogP contribution in [0.1, 0.15) is 37.4 Å². The molecule has 1 spiro atoms. The second-order valence-corrected chi connectivity index (χ2v) is 8.47. The molecule has 0 atom stereocenters. The van der Waals surface area contributed by atoms with E-state index in [1.807, 2.05) is 17.3 Å². The Hall–Kier alpha value is -5.11. The monoisotopic (exact) mass is 523 g/mol. The predicted molar refractivity (Wildman–Crippen MR) is 139 cm³/mol. The summed E-state index contributed by atoms with van der Waals surface area (Å²) in [6.07, 6.45) is 0. The fourth-order valence-corrected chi connectivity index (χ4v) is 4.54.